The summed E-state index contributed by atoms with van der Waals surface area (Å²) < 4.78 is 24.0. The van der Waals surface area contributed by atoms with E-state index in [0.29, 0.717) is 6.61 Å². The van der Waals surface area contributed by atoms with Crippen LogP contribution in [0.5, 0.6) is 5.75 Å². The molecule has 0 aliphatic carbocycles. The van der Waals surface area contributed by atoms with Gasteiger partial charge < -0.3 is 14.8 Å². The number of hydrogen-bond donors (Lipinski definition) is 1. The molecule has 0 aliphatic heterocycles. The Kier molecular flexibility index (Phi) is 7.57. The van der Waals surface area contributed by atoms with E-state index < -0.39 is 0 Å². The number of halogens is 1. The lowest BCUT2D eigenvalue weighted by Crippen LogP contribution is -2.82. The Morgan fingerprint density at radius 2 is 1.87 bits per heavy atom. The molecule has 2 aromatic rings. The lowest BCUT2D eigenvalue weighted by molar-refractivity contribution is -0.671. The summed E-state index contributed by atoms with van der Waals surface area (Å²) in [6.07, 6.45) is 1.06. The molecule has 0 bridgehead atoms. The van der Waals surface area contributed by atoms with Crippen LogP contribution in [-0.2, 0) is 17.9 Å². The third-order valence-electron chi connectivity index (χ3n) is 3.50. The molecule has 3 nitrogen and oxygen atoms in total. The van der Waals surface area contributed by atoms with Gasteiger partial charge in [0.25, 0.3) is 0 Å². The zero-order valence-electron chi connectivity index (χ0n) is 13.6. The molecule has 2 aromatic carbocycles. The molecule has 4 heteroatoms. The van der Waals surface area contributed by atoms with Crippen LogP contribution in [0.15, 0.2) is 48.5 Å². The van der Waals surface area contributed by atoms with Crippen molar-refractivity contribution in [2.75, 3.05) is 19.8 Å². The summed E-state index contributed by atoms with van der Waals surface area (Å²) in [4.78, 5) is 0. The average molecular weight is 318 g/mol. The van der Waals surface area contributed by atoms with Gasteiger partial charge in [-0.1, -0.05) is 24.3 Å². The summed E-state index contributed by atoms with van der Waals surface area (Å²) in [5, 5.41) is 2.28. The Morgan fingerprint density at radius 3 is 2.65 bits per heavy atom. The Morgan fingerprint density at radius 1 is 1.04 bits per heavy atom. The van der Waals surface area contributed by atoms with Crippen LogP contribution in [0.2, 0.25) is 0 Å². The fraction of sp³-hybridized carbons (Fsp3) is 0.368. The SMILES string of the molecule is CCOCCC[NH2+]Cc1cccc(OCc2ccc(F)cc2)c1. The van der Waals surface area contributed by atoms with Gasteiger partial charge in [-0.25, -0.2) is 4.39 Å². The minimum atomic E-state index is -0.226. The molecule has 0 spiro atoms. The van der Waals surface area contributed by atoms with Crippen molar-refractivity contribution in [1.29, 1.82) is 0 Å². The van der Waals surface area contributed by atoms with Crippen LogP contribution >= 0.6 is 0 Å². The van der Waals surface area contributed by atoms with E-state index in [9.17, 15) is 4.39 Å². The van der Waals surface area contributed by atoms with Crippen LogP contribution in [0, 0.1) is 5.82 Å². The molecule has 2 rings (SSSR count). The zero-order valence-corrected chi connectivity index (χ0v) is 13.6. The van der Waals surface area contributed by atoms with Crippen molar-refractivity contribution in [3.05, 3.63) is 65.5 Å². The highest BCUT2D eigenvalue weighted by Gasteiger charge is 2.01. The topological polar surface area (TPSA) is 35.1 Å². The first kappa shape index (κ1) is 17.4. The summed E-state index contributed by atoms with van der Waals surface area (Å²) >= 11 is 0. The summed E-state index contributed by atoms with van der Waals surface area (Å²) in [7, 11) is 0. The normalized spacial score (nSPS) is 10.7. The van der Waals surface area contributed by atoms with Crippen molar-refractivity contribution in [1.82, 2.24) is 0 Å². The molecule has 0 saturated heterocycles. The van der Waals surface area contributed by atoms with Crippen LogP contribution in [-0.4, -0.2) is 19.8 Å². The van der Waals surface area contributed by atoms with Gasteiger partial charge in [-0.15, -0.1) is 0 Å². The van der Waals surface area contributed by atoms with Gasteiger partial charge >= 0.3 is 0 Å². The largest absolute Gasteiger partial charge is 0.489 e. The third-order valence-corrected chi connectivity index (χ3v) is 3.50. The van der Waals surface area contributed by atoms with Gasteiger partial charge in [-0.3, -0.25) is 0 Å². The van der Waals surface area contributed by atoms with Crippen LogP contribution < -0.4 is 10.1 Å². The molecule has 0 atom stereocenters. The maximum Gasteiger partial charge on any atom is 0.123 e. The maximum atomic E-state index is 12.9. The highest BCUT2D eigenvalue weighted by atomic mass is 19.1. The fourth-order valence-electron chi connectivity index (χ4n) is 2.25. The molecule has 0 amide bonds. The molecule has 124 valence electrons. The quantitative estimate of drug-likeness (QED) is 0.684. The number of benzene rings is 2. The molecule has 23 heavy (non-hydrogen) atoms. The van der Waals surface area contributed by atoms with Gasteiger partial charge in [0.15, 0.2) is 0 Å². The van der Waals surface area contributed by atoms with Crippen molar-refractivity contribution in [3.63, 3.8) is 0 Å². The van der Waals surface area contributed by atoms with Gasteiger partial charge in [0.1, 0.15) is 24.7 Å². The number of hydrogen-bond acceptors (Lipinski definition) is 2. The standard InChI is InChI=1S/C19H24FNO2/c1-2-22-12-4-11-21-14-17-5-3-6-19(13-17)23-15-16-7-9-18(20)10-8-16/h3,5-10,13,21H,2,4,11-12,14-15H2,1H3/p+1. The van der Waals surface area contributed by atoms with Crippen molar-refractivity contribution >= 4 is 0 Å². The molecular formula is C19H25FNO2+. The molecule has 0 heterocycles. The molecule has 0 aliphatic rings. The second-order valence-electron chi connectivity index (χ2n) is 5.39. The summed E-state index contributed by atoms with van der Waals surface area (Å²) in [6, 6.07) is 14.5. The number of rotatable bonds is 10. The van der Waals surface area contributed by atoms with Crippen LogP contribution in [0.1, 0.15) is 24.5 Å². The van der Waals surface area contributed by atoms with Crippen molar-refractivity contribution in [2.24, 2.45) is 0 Å². The third kappa shape index (κ3) is 6.80. The van der Waals surface area contributed by atoms with Gasteiger partial charge in [0.2, 0.25) is 0 Å². The second-order valence-corrected chi connectivity index (χ2v) is 5.39. The Hall–Kier alpha value is -1.91. The van der Waals surface area contributed by atoms with Crippen molar-refractivity contribution in [2.45, 2.75) is 26.5 Å². The van der Waals surface area contributed by atoms with E-state index in [1.165, 1.54) is 17.7 Å². The Bertz CT molecular complexity index is 572. The van der Waals surface area contributed by atoms with E-state index in [0.717, 1.165) is 44.0 Å². The smallest absolute Gasteiger partial charge is 0.123 e. The highest BCUT2D eigenvalue weighted by molar-refractivity contribution is 5.28. The lowest BCUT2D eigenvalue weighted by atomic mass is 10.2. The molecule has 0 fully saturated rings. The molecular weight excluding hydrogens is 293 g/mol. The van der Waals surface area contributed by atoms with Gasteiger partial charge in [0, 0.05) is 18.6 Å². The first-order chi connectivity index (χ1) is 11.3. The molecule has 2 N–H and O–H groups in total. The molecule has 0 saturated carbocycles. The fourth-order valence-corrected chi connectivity index (χ4v) is 2.25. The molecule has 0 aromatic heterocycles. The summed E-state index contributed by atoms with van der Waals surface area (Å²) in [5.74, 6) is 0.616. The van der Waals surface area contributed by atoms with Crippen LogP contribution in [0.3, 0.4) is 0 Å². The minimum absolute atomic E-state index is 0.226. The summed E-state index contributed by atoms with van der Waals surface area (Å²) in [5.41, 5.74) is 2.19. The number of ether oxygens (including phenoxy) is 2. The van der Waals surface area contributed by atoms with Crippen LogP contribution in [0.4, 0.5) is 4.39 Å². The Labute approximate surface area is 137 Å². The van der Waals surface area contributed by atoms with E-state index in [1.807, 2.05) is 19.1 Å². The average Bonchev–Trinajstić information content (AvgIpc) is 2.58. The van der Waals surface area contributed by atoms with E-state index >= 15 is 0 Å². The van der Waals surface area contributed by atoms with Crippen LogP contribution in [0.25, 0.3) is 0 Å². The first-order valence-electron chi connectivity index (χ1n) is 8.13. The van der Waals surface area contributed by atoms with E-state index in [1.54, 1.807) is 12.1 Å². The lowest BCUT2D eigenvalue weighted by Gasteiger charge is -2.08. The van der Waals surface area contributed by atoms with Gasteiger partial charge in [-0.2, -0.15) is 0 Å². The van der Waals surface area contributed by atoms with E-state index in [-0.39, 0.29) is 5.82 Å². The predicted octanol–water partition coefficient (Wildman–Crippen LogP) is 2.89. The monoisotopic (exact) mass is 318 g/mol. The molecule has 0 radical (unpaired) electrons. The number of nitrogens with two attached hydrogens (primary N) is 1. The van der Waals surface area contributed by atoms with Gasteiger partial charge in [-0.05, 0) is 36.8 Å². The van der Waals surface area contributed by atoms with E-state index in [2.05, 4.69) is 17.4 Å². The maximum absolute atomic E-state index is 12.9. The van der Waals surface area contributed by atoms with E-state index in [4.69, 9.17) is 9.47 Å². The van der Waals surface area contributed by atoms with Crippen molar-refractivity contribution in [3.8, 4) is 5.75 Å². The zero-order chi connectivity index (χ0) is 16.3. The minimum Gasteiger partial charge on any atom is -0.489 e. The Balaban J connectivity index is 1.74. The highest BCUT2D eigenvalue weighted by Crippen LogP contribution is 2.15. The van der Waals surface area contributed by atoms with Gasteiger partial charge in [0.05, 0.1) is 13.2 Å². The number of quaternary nitrogens is 1. The van der Waals surface area contributed by atoms with Crippen molar-refractivity contribution < 1.29 is 19.2 Å². The summed E-state index contributed by atoms with van der Waals surface area (Å²) in [6.45, 7) is 6.06. The second kappa shape index (κ2) is 9.98. The molecule has 0 unspecified atom stereocenters. The predicted molar refractivity (Wildman–Crippen MR) is 88.8 cm³/mol. The first-order valence-corrected chi connectivity index (χ1v) is 8.13.